The number of benzene rings is 1. The van der Waals surface area contributed by atoms with Crippen molar-refractivity contribution in [2.24, 2.45) is 0 Å². The predicted molar refractivity (Wildman–Crippen MR) is 92.1 cm³/mol. The Hall–Kier alpha value is -1.88. The Bertz CT molecular complexity index is 982. The van der Waals surface area contributed by atoms with Crippen molar-refractivity contribution in [3.63, 3.8) is 0 Å². The van der Waals surface area contributed by atoms with Crippen LogP contribution in [0.15, 0.2) is 35.4 Å². The van der Waals surface area contributed by atoms with Crippen LogP contribution in [0.25, 0.3) is 11.3 Å². The van der Waals surface area contributed by atoms with Crippen LogP contribution in [-0.2, 0) is 21.0 Å². The number of halogens is 5. The molecular weight excluding hydrogens is 432 g/mol. The standard InChI is InChI=1S/C15H11Cl2F3N2O4S/c16-10-2-1-8(5-12(10)27(25,26)22-4-3-13(23)24)14-11(17)6-9(7-21-14)15(18,19)20/h1-2,5-7,22H,3-4H2,(H,23,24). The average Bonchev–Trinajstić information content (AvgIpc) is 2.54. The molecule has 6 nitrogen and oxygen atoms in total. The number of carbonyl (C=O) groups is 1. The third-order valence-corrected chi connectivity index (χ3v) is 5.52. The molecule has 0 atom stereocenters. The van der Waals surface area contributed by atoms with Gasteiger partial charge >= 0.3 is 12.1 Å². The minimum Gasteiger partial charge on any atom is -0.481 e. The molecule has 146 valence electrons. The van der Waals surface area contributed by atoms with Gasteiger partial charge in [0.05, 0.1) is 27.7 Å². The summed E-state index contributed by atoms with van der Waals surface area (Å²) < 4.78 is 64.8. The first-order chi connectivity index (χ1) is 12.4. The molecule has 1 aromatic heterocycles. The van der Waals surface area contributed by atoms with E-state index in [0.717, 1.165) is 6.07 Å². The fourth-order valence-electron chi connectivity index (χ4n) is 2.03. The molecule has 0 aliphatic carbocycles. The van der Waals surface area contributed by atoms with Crippen molar-refractivity contribution >= 4 is 39.2 Å². The van der Waals surface area contributed by atoms with E-state index >= 15 is 0 Å². The fraction of sp³-hybridized carbons (Fsp3) is 0.200. The summed E-state index contributed by atoms with van der Waals surface area (Å²) in [6, 6.07) is 4.34. The van der Waals surface area contributed by atoms with Gasteiger partial charge in [-0.1, -0.05) is 29.3 Å². The largest absolute Gasteiger partial charge is 0.481 e. The lowest BCUT2D eigenvalue weighted by atomic mass is 10.1. The van der Waals surface area contributed by atoms with E-state index in [1.54, 1.807) is 0 Å². The minimum atomic E-state index is -4.63. The minimum absolute atomic E-state index is 0.0664. The molecule has 1 heterocycles. The lowest BCUT2D eigenvalue weighted by Gasteiger charge is -2.12. The topological polar surface area (TPSA) is 96.4 Å². The smallest absolute Gasteiger partial charge is 0.417 e. The molecule has 0 bridgehead atoms. The van der Waals surface area contributed by atoms with Gasteiger partial charge in [0, 0.05) is 18.3 Å². The van der Waals surface area contributed by atoms with Crippen molar-refractivity contribution in [2.75, 3.05) is 6.54 Å². The monoisotopic (exact) mass is 442 g/mol. The molecule has 0 aliphatic heterocycles. The van der Waals surface area contributed by atoms with Gasteiger partial charge in [0.15, 0.2) is 0 Å². The Morgan fingerprint density at radius 3 is 2.41 bits per heavy atom. The highest BCUT2D eigenvalue weighted by molar-refractivity contribution is 7.89. The van der Waals surface area contributed by atoms with E-state index in [4.69, 9.17) is 28.3 Å². The van der Waals surface area contributed by atoms with Gasteiger partial charge in [-0.2, -0.15) is 13.2 Å². The molecule has 0 unspecified atom stereocenters. The van der Waals surface area contributed by atoms with Crippen LogP contribution in [0.1, 0.15) is 12.0 Å². The number of aromatic nitrogens is 1. The maximum absolute atomic E-state index is 12.7. The van der Waals surface area contributed by atoms with Crippen LogP contribution >= 0.6 is 23.2 Å². The second-order valence-corrected chi connectivity index (χ2v) is 7.79. The summed E-state index contributed by atoms with van der Waals surface area (Å²) in [5, 5.41) is 8.09. The van der Waals surface area contributed by atoms with Gasteiger partial charge in [-0.3, -0.25) is 9.78 Å². The molecule has 0 aliphatic rings. The van der Waals surface area contributed by atoms with Gasteiger partial charge in [0.2, 0.25) is 10.0 Å². The number of pyridine rings is 1. The van der Waals surface area contributed by atoms with Gasteiger partial charge in [-0.25, -0.2) is 13.1 Å². The number of rotatable bonds is 6. The Labute approximate surface area is 162 Å². The SMILES string of the molecule is O=C(O)CCNS(=O)(=O)c1cc(-c2ncc(C(F)(F)F)cc2Cl)ccc1Cl. The number of sulfonamides is 1. The number of nitrogens with one attached hydrogen (secondary N) is 1. The summed E-state index contributed by atoms with van der Waals surface area (Å²) in [5.74, 6) is -1.20. The lowest BCUT2D eigenvalue weighted by Crippen LogP contribution is -2.26. The quantitative estimate of drug-likeness (QED) is 0.708. The summed E-state index contributed by atoms with van der Waals surface area (Å²) in [6.07, 6.45) is -4.49. The Morgan fingerprint density at radius 1 is 1.19 bits per heavy atom. The van der Waals surface area contributed by atoms with E-state index in [2.05, 4.69) is 9.71 Å². The number of carboxylic acids is 1. The second-order valence-electron chi connectivity index (χ2n) is 5.24. The zero-order valence-corrected chi connectivity index (χ0v) is 15.5. The molecule has 0 spiro atoms. The molecule has 2 rings (SSSR count). The molecule has 27 heavy (non-hydrogen) atoms. The van der Waals surface area contributed by atoms with Crippen molar-refractivity contribution in [1.29, 1.82) is 0 Å². The molecule has 0 fully saturated rings. The summed E-state index contributed by atoms with van der Waals surface area (Å²) in [6.45, 7) is -0.364. The number of aliphatic carboxylic acids is 1. The third kappa shape index (κ3) is 5.32. The van der Waals surface area contributed by atoms with Gasteiger partial charge in [0.25, 0.3) is 0 Å². The molecule has 1 aromatic carbocycles. The molecule has 12 heteroatoms. The molecule has 0 saturated heterocycles. The van der Waals surface area contributed by atoms with Crippen molar-refractivity contribution in [2.45, 2.75) is 17.5 Å². The highest BCUT2D eigenvalue weighted by Crippen LogP contribution is 2.35. The fourth-order valence-corrected chi connectivity index (χ4v) is 3.86. The van der Waals surface area contributed by atoms with Crippen molar-refractivity contribution < 1.29 is 31.5 Å². The first kappa shape index (κ1) is 21.4. The summed E-state index contributed by atoms with van der Waals surface area (Å²) in [7, 11) is -4.16. The van der Waals surface area contributed by atoms with E-state index in [0.29, 0.717) is 12.3 Å². The van der Waals surface area contributed by atoms with Crippen LogP contribution in [0.4, 0.5) is 13.2 Å². The Balaban J connectivity index is 2.42. The number of carboxylic acid groups (broad SMARTS) is 1. The zero-order valence-electron chi connectivity index (χ0n) is 13.2. The number of hydrogen-bond donors (Lipinski definition) is 2. The number of nitrogens with zero attached hydrogens (tertiary/aromatic N) is 1. The maximum atomic E-state index is 12.7. The summed E-state index contributed by atoms with van der Waals surface area (Å²) in [4.78, 5) is 13.8. The van der Waals surface area contributed by atoms with Crippen molar-refractivity contribution in [3.8, 4) is 11.3 Å². The van der Waals surface area contributed by atoms with Gasteiger partial charge in [-0.05, 0) is 18.2 Å². The van der Waals surface area contributed by atoms with E-state index in [1.807, 2.05) is 0 Å². The molecule has 2 N–H and O–H groups in total. The average molecular weight is 443 g/mol. The van der Waals surface area contributed by atoms with Crippen LogP contribution in [-0.4, -0.2) is 31.0 Å². The molecular formula is C15H11Cl2F3N2O4S. The van der Waals surface area contributed by atoms with E-state index < -0.39 is 34.2 Å². The van der Waals surface area contributed by atoms with Crippen LogP contribution in [0.2, 0.25) is 10.0 Å². The van der Waals surface area contributed by atoms with Crippen LogP contribution < -0.4 is 4.72 Å². The van der Waals surface area contributed by atoms with E-state index in [-0.39, 0.29) is 32.7 Å². The second kappa shape index (κ2) is 8.01. The Morgan fingerprint density at radius 2 is 1.85 bits per heavy atom. The van der Waals surface area contributed by atoms with Crippen molar-refractivity contribution in [3.05, 3.63) is 46.1 Å². The summed E-state index contributed by atoms with van der Waals surface area (Å²) >= 11 is 11.8. The van der Waals surface area contributed by atoms with Gasteiger partial charge in [0.1, 0.15) is 4.90 Å². The zero-order chi connectivity index (χ0) is 20.4. The van der Waals surface area contributed by atoms with Crippen LogP contribution in [0.5, 0.6) is 0 Å². The first-order valence-electron chi connectivity index (χ1n) is 7.16. The highest BCUT2D eigenvalue weighted by atomic mass is 35.5. The lowest BCUT2D eigenvalue weighted by molar-refractivity contribution is -0.138. The summed E-state index contributed by atoms with van der Waals surface area (Å²) in [5.41, 5.74) is -0.992. The van der Waals surface area contributed by atoms with Crippen molar-refractivity contribution in [1.82, 2.24) is 9.71 Å². The molecule has 2 aromatic rings. The number of alkyl halides is 3. The number of hydrogen-bond acceptors (Lipinski definition) is 4. The first-order valence-corrected chi connectivity index (χ1v) is 9.40. The normalized spacial score (nSPS) is 12.2. The molecule has 0 saturated carbocycles. The predicted octanol–water partition coefficient (Wildman–Crippen LogP) is 3.83. The third-order valence-electron chi connectivity index (χ3n) is 3.29. The van der Waals surface area contributed by atoms with Gasteiger partial charge in [-0.15, -0.1) is 0 Å². The highest BCUT2D eigenvalue weighted by Gasteiger charge is 2.31. The van der Waals surface area contributed by atoms with E-state index in [9.17, 15) is 26.4 Å². The molecule has 0 radical (unpaired) electrons. The maximum Gasteiger partial charge on any atom is 0.417 e. The Kier molecular flexibility index (Phi) is 6.35. The van der Waals surface area contributed by atoms with Crippen LogP contribution in [0, 0.1) is 0 Å². The molecule has 0 amide bonds. The van der Waals surface area contributed by atoms with Crippen LogP contribution in [0.3, 0.4) is 0 Å². The van der Waals surface area contributed by atoms with E-state index in [1.165, 1.54) is 12.1 Å². The van der Waals surface area contributed by atoms with Gasteiger partial charge < -0.3 is 5.11 Å².